The molecule has 3 aromatic rings. The predicted octanol–water partition coefficient (Wildman–Crippen LogP) is 3.81. The summed E-state index contributed by atoms with van der Waals surface area (Å²) in [6, 6.07) is 25.7. The number of nitrogens with two attached hydrogens (primary N) is 1. The van der Waals surface area contributed by atoms with Crippen molar-refractivity contribution in [2.45, 2.75) is 12.3 Å². The minimum absolute atomic E-state index is 0.0600. The Balaban J connectivity index is 1.98. The van der Waals surface area contributed by atoms with Crippen molar-refractivity contribution in [1.82, 2.24) is 0 Å². The van der Waals surface area contributed by atoms with E-state index in [2.05, 4.69) is 0 Å². The predicted molar refractivity (Wildman–Crippen MR) is 103 cm³/mol. The van der Waals surface area contributed by atoms with Crippen LogP contribution < -0.4 is 10.0 Å². The van der Waals surface area contributed by atoms with Crippen molar-refractivity contribution in [2.75, 3.05) is 10.0 Å². The number of nitrogens with zero attached hydrogens (tertiary/aromatic N) is 1. The third-order valence-electron chi connectivity index (χ3n) is 3.85. The van der Waals surface area contributed by atoms with Gasteiger partial charge in [-0.2, -0.15) is 0 Å². The molecule has 0 saturated heterocycles. The molecule has 4 nitrogen and oxygen atoms in total. The van der Waals surface area contributed by atoms with E-state index in [1.54, 1.807) is 24.3 Å². The Labute approximate surface area is 148 Å². The van der Waals surface area contributed by atoms with Crippen molar-refractivity contribution < 1.29 is 8.42 Å². The molecule has 0 heterocycles. The van der Waals surface area contributed by atoms with Gasteiger partial charge in [-0.1, -0.05) is 66.7 Å². The fraction of sp³-hybridized carbons (Fsp3) is 0.100. The van der Waals surface area contributed by atoms with Crippen LogP contribution in [0, 0.1) is 0 Å². The van der Waals surface area contributed by atoms with Gasteiger partial charge in [0.05, 0.1) is 18.0 Å². The number of hydrogen-bond acceptors (Lipinski definition) is 3. The molecule has 128 valence electrons. The highest BCUT2D eigenvalue weighted by molar-refractivity contribution is 7.92. The van der Waals surface area contributed by atoms with Gasteiger partial charge < -0.3 is 5.73 Å². The molecule has 0 aliphatic rings. The van der Waals surface area contributed by atoms with Gasteiger partial charge in [-0.25, -0.2) is 8.42 Å². The van der Waals surface area contributed by atoms with Crippen molar-refractivity contribution in [2.24, 2.45) is 0 Å². The maximum atomic E-state index is 13.1. The summed E-state index contributed by atoms with van der Waals surface area (Å²) in [7, 11) is -3.57. The van der Waals surface area contributed by atoms with E-state index >= 15 is 0 Å². The maximum absolute atomic E-state index is 13.1. The molecule has 0 aliphatic heterocycles. The van der Waals surface area contributed by atoms with Crippen LogP contribution in [0.5, 0.6) is 0 Å². The molecule has 0 radical (unpaired) electrons. The average molecular weight is 352 g/mol. The minimum Gasteiger partial charge on any atom is -0.399 e. The quantitative estimate of drug-likeness (QED) is 0.686. The van der Waals surface area contributed by atoms with Crippen LogP contribution in [0.4, 0.5) is 11.4 Å². The molecule has 0 unspecified atom stereocenters. The monoisotopic (exact) mass is 352 g/mol. The fourth-order valence-corrected chi connectivity index (χ4v) is 4.19. The van der Waals surface area contributed by atoms with Crippen LogP contribution in [0.3, 0.4) is 0 Å². The molecule has 0 saturated carbocycles. The van der Waals surface area contributed by atoms with Crippen molar-refractivity contribution in [1.29, 1.82) is 0 Å². The normalized spacial score (nSPS) is 11.2. The number of anilines is 2. The molecule has 0 bridgehead atoms. The van der Waals surface area contributed by atoms with Gasteiger partial charge in [0.2, 0.25) is 10.0 Å². The maximum Gasteiger partial charge on any atom is 0.239 e. The molecule has 2 N–H and O–H groups in total. The van der Waals surface area contributed by atoms with E-state index in [1.165, 1.54) is 4.31 Å². The second-order valence-electron chi connectivity index (χ2n) is 5.83. The summed E-state index contributed by atoms with van der Waals surface area (Å²) in [6.07, 6.45) is 0. The first-order valence-electron chi connectivity index (χ1n) is 7.98. The Morgan fingerprint density at radius 3 is 1.96 bits per heavy atom. The first kappa shape index (κ1) is 17.0. The zero-order valence-electron chi connectivity index (χ0n) is 13.7. The van der Waals surface area contributed by atoms with E-state index in [-0.39, 0.29) is 12.3 Å². The van der Waals surface area contributed by atoms with E-state index in [1.807, 2.05) is 60.7 Å². The molecular weight excluding hydrogens is 332 g/mol. The van der Waals surface area contributed by atoms with Gasteiger partial charge >= 0.3 is 0 Å². The standard InChI is InChI=1S/C20H20N2O2S/c21-19-12-7-13-20(14-19)22(15-17-8-3-1-4-9-17)25(23,24)16-18-10-5-2-6-11-18/h1-14H,15-16,21H2. The fourth-order valence-electron chi connectivity index (χ4n) is 2.64. The molecule has 5 heteroatoms. The molecule has 0 atom stereocenters. The first-order valence-corrected chi connectivity index (χ1v) is 9.59. The average Bonchev–Trinajstić information content (AvgIpc) is 2.61. The molecule has 3 rings (SSSR count). The number of rotatable bonds is 6. The Hall–Kier alpha value is -2.79. The van der Waals surface area contributed by atoms with E-state index in [0.29, 0.717) is 11.4 Å². The number of sulfonamides is 1. The summed E-state index contributed by atoms with van der Waals surface area (Å²) in [5, 5.41) is 0. The van der Waals surface area contributed by atoms with Crippen LogP contribution in [0.2, 0.25) is 0 Å². The van der Waals surface area contributed by atoms with Crippen LogP contribution in [0.1, 0.15) is 11.1 Å². The molecule has 25 heavy (non-hydrogen) atoms. The molecular formula is C20H20N2O2S. The van der Waals surface area contributed by atoms with Gasteiger partial charge in [0, 0.05) is 5.69 Å². The van der Waals surface area contributed by atoms with E-state index in [9.17, 15) is 8.42 Å². The van der Waals surface area contributed by atoms with Crippen LogP contribution in [0.25, 0.3) is 0 Å². The molecule has 0 spiro atoms. The third kappa shape index (κ3) is 4.39. The van der Waals surface area contributed by atoms with Crippen LogP contribution in [0.15, 0.2) is 84.9 Å². The Bertz CT molecular complexity index is 926. The molecule has 3 aromatic carbocycles. The van der Waals surface area contributed by atoms with Crippen molar-refractivity contribution in [3.63, 3.8) is 0 Å². The second-order valence-corrected chi connectivity index (χ2v) is 7.72. The third-order valence-corrected chi connectivity index (χ3v) is 5.56. The van der Waals surface area contributed by atoms with E-state index in [4.69, 9.17) is 5.73 Å². The highest BCUT2D eigenvalue weighted by Crippen LogP contribution is 2.25. The summed E-state index contributed by atoms with van der Waals surface area (Å²) >= 11 is 0. The van der Waals surface area contributed by atoms with Gasteiger partial charge in [0.1, 0.15) is 0 Å². The Morgan fingerprint density at radius 1 is 0.760 bits per heavy atom. The van der Waals surface area contributed by atoms with E-state index in [0.717, 1.165) is 11.1 Å². The van der Waals surface area contributed by atoms with Crippen molar-refractivity contribution >= 4 is 21.4 Å². The summed E-state index contributed by atoms with van der Waals surface area (Å²) in [5.41, 5.74) is 8.64. The lowest BCUT2D eigenvalue weighted by Gasteiger charge is -2.25. The van der Waals surface area contributed by atoms with Gasteiger partial charge in [0.25, 0.3) is 0 Å². The van der Waals surface area contributed by atoms with Gasteiger partial charge in [-0.05, 0) is 29.3 Å². The summed E-state index contributed by atoms with van der Waals surface area (Å²) in [5.74, 6) is -0.0600. The molecule has 0 amide bonds. The van der Waals surface area contributed by atoms with Crippen LogP contribution >= 0.6 is 0 Å². The lowest BCUT2D eigenvalue weighted by atomic mass is 10.2. The molecule has 0 fully saturated rings. The SMILES string of the molecule is Nc1cccc(N(Cc2ccccc2)S(=O)(=O)Cc2ccccc2)c1. The zero-order chi connectivity index (χ0) is 17.7. The van der Waals surface area contributed by atoms with Crippen LogP contribution in [-0.2, 0) is 22.3 Å². The Morgan fingerprint density at radius 2 is 1.36 bits per heavy atom. The van der Waals surface area contributed by atoms with Gasteiger partial charge in [-0.15, -0.1) is 0 Å². The Kier molecular flexibility index (Phi) is 5.05. The highest BCUT2D eigenvalue weighted by Gasteiger charge is 2.23. The van der Waals surface area contributed by atoms with Gasteiger partial charge in [0.15, 0.2) is 0 Å². The summed E-state index contributed by atoms with van der Waals surface area (Å²) < 4.78 is 27.6. The zero-order valence-corrected chi connectivity index (χ0v) is 14.6. The number of nitrogen functional groups attached to an aromatic ring is 1. The second kappa shape index (κ2) is 7.40. The van der Waals surface area contributed by atoms with Crippen molar-refractivity contribution in [3.8, 4) is 0 Å². The number of hydrogen-bond donors (Lipinski definition) is 1. The van der Waals surface area contributed by atoms with Crippen molar-refractivity contribution in [3.05, 3.63) is 96.1 Å². The molecule has 0 aliphatic carbocycles. The number of benzene rings is 3. The highest BCUT2D eigenvalue weighted by atomic mass is 32.2. The molecule has 0 aromatic heterocycles. The summed E-state index contributed by atoms with van der Waals surface area (Å²) in [6.45, 7) is 0.263. The van der Waals surface area contributed by atoms with E-state index < -0.39 is 10.0 Å². The largest absolute Gasteiger partial charge is 0.399 e. The first-order chi connectivity index (χ1) is 12.0. The summed E-state index contributed by atoms with van der Waals surface area (Å²) in [4.78, 5) is 0. The smallest absolute Gasteiger partial charge is 0.239 e. The lowest BCUT2D eigenvalue weighted by Crippen LogP contribution is -2.31. The lowest BCUT2D eigenvalue weighted by molar-refractivity contribution is 0.589. The minimum atomic E-state index is -3.57. The topological polar surface area (TPSA) is 63.4 Å². The van der Waals surface area contributed by atoms with Crippen LogP contribution in [-0.4, -0.2) is 8.42 Å². The van der Waals surface area contributed by atoms with Gasteiger partial charge in [-0.3, -0.25) is 4.31 Å².